The molecule has 0 spiro atoms. The summed E-state index contributed by atoms with van der Waals surface area (Å²) in [5.74, 6) is 0.567. The van der Waals surface area contributed by atoms with E-state index in [4.69, 9.17) is 5.73 Å². The zero-order valence-electron chi connectivity index (χ0n) is 10.5. The molecule has 1 unspecified atom stereocenters. The first-order valence-electron chi connectivity index (χ1n) is 6.07. The number of fused-ring (bicyclic) bond motifs is 1. The number of nitrogens with zero attached hydrogens (tertiary/aromatic N) is 1. The molecule has 0 amide bonds. The Hall–Kier alpha value is -1.81. The highest BCUT2D eigenvalue weighted by atomic mass is 79.9. The Morgan fingerprint density at radius 3 is 2.74 bits per heavy atom. The largest absolute Gasteiger partial charge is 0.383 e. The molecule has 1 aliphatic heterocycles. The fourth-order valence-electron chi connectivity index (χ4n) is 2.33. The number of rotatable bonds is 1. The Labute approximate surface area is 120 Å². The van der Waals surface area contributed by atoms with Crippen molar-refractivity contribution in [1.82, 2.24) is 0 Å². The molecule has 0 fully saturated rings. The zero-order chi connectivity index (χ0) is 13.5. The molecule has 4 heteroatoms. The normalized spacial score (nSPS) is 21.3. The van der Waals surface area contributed by atoms with E-state index in [9.17, 15) is 0 Å². The van der Waals surface area contributed by atoms with Crippen LogP contribution >= 0.6 is 15.9 Å². The first kappa shape index (κ1) is 12.2. The molecule has 0 aromatic heterocycles. The van der Waals surface area contributed by atoms with Crippen molar-refractivity contribution < 1.29 is 0 Å². The quantitative estimate of drug-likeness (QED) is 0.846. The van der Waals surface area contributed by atoms with Crippen LogP contribution in [0.25, 0.3) is 0 Å². The number of anilines is 1. The minimum atomic E-state index is -0.539. The van der Waals surface area contributed by atoms with Crippen LogP contribution in [0.3, 0.4) is 0 Å². The van der Waals surface area contributed by atoms with Crippen LogP contribution in [0.2, 0.25) is 0 Å². The molecule has 2 aromatic rings. The van der Waals surface area contributed by atoms with E-state index in [2.05, 4.69) is 32.3 Å². The zero-order valence-corrected chi connectivity index (χ0v) is 12.1. The molecule has 3 rings (SSSR count). The van der Waals surface area contributed by atoms with Gasteiger partial charge in [-0.3, -0.25) is 0 Å². The monoisotopic (exact) mass is 315 g/mol. The number of amidine groups is 1. The second-order valence-electron chi connectivity index (χ2n) is 4.75. The third-order valence-electron chi connectivity index (χ3n) is 3.31. The van der Waals surface area contributed by atoms with Crippen LogP contribution in [0.15, 0.2) is 58.0 Å². The van der Waals surface area contributed by atoms with E-state index in [1.165, 1.54) is 0 Å². The van der Waals surface area contributed by atoms with Crippen molar-refractivity contribution in [2.24, 2.45) is 10.7 Å². The number of para-hydroxylation sites is 1. The van der Waals surface area contributed by atoms with Crippen LogP contribution in [0.5, 0.6) is 0 Å². The summed E-state index contributed by atoms with van der Waals surface area (Å²) >= 11 is 3.49. The molecule has 0 aliphatic carbocycles. The molecule has 3 nitrogen and oxygen atoms in total. The molecule has 0 radical (unpaired) electrons. The highest BCUT2D eigenvalue weighted by Gasteiger charge is 2.31. The molecule has 1 aliphatic rings. The predicted octanol–water partition coefficient (Wildman–Crippen LogP) is 3.45. The van der Waals surface area contributed by atoms with E-state index in [-0.39, 0.29) is 0 Å². The van der Waals surface area contributed by atoms with Crippen molar-refractivity contribution in [3.63, 3.8) is 0 Å². The number of hydrogen-bond acceptors (Lipinski definition) is 3. The SMILES string of the molecule is CC1(c2cccc(Br)c2)N=C(N)c2ccccc2N1. The Morgan fingerprint density at radius 1 is 1.16 bits per heavy atom. The van der Waals surface area contributed by atoms with Crippen molar-refractivity contribution in [3.8, 4) is 0 Å². The Balaban J connectivity index is 2.11. The van der Waals surface area contributed by atoms with Crippen molar-refractivity contribution in [3.05, 3.63) is 64.1 Å². The van der Waals surface area contributed by atoms with Crippen LogP contribution in [0, 0.1) is 0 Å². The van der Waals surface area contributed by atoms with Crippen molar-refractivity contribution in [2.45, 2.75) is 12.6 Å². The fourth-order valence-corrected chi connectivity index (χ4v) is 2.73. The van der Waals surface area contributed by atoms with Gasteiger partial charge in [-0.15, -0.1) is 0 Å². The molecule has 19 heavy (non-hydrogen) atoms. The number of nitrogens with two attached hydrogens (primary N) is 1. The highest BCUT2D eigenvalue weighted by molar-refractivity contribution is 9.10. The first-order valence-corrected chi connectivity index (χ1v) is 6.87. The minimum absolute atomic E-state index is 0.539. The van der Waals surface area contributed by atoms with Gasteiger partial charge in [0.2, 0.25) is 0 Å². The summed E-state index contributed by atoms with van der Waals surface area (Å²) in [6.45, 7) is 2.03. The van der Waals surface area contributed by atoms with Gasteiger partial charge in [-0.05, 0) is 31.2 Å². The van der Waals surface area contributed by atoms with Gasteiger partial charge in [0.1, 0.15) is 5.84 Å². The maximum absolute atomic E-state index is 6.10. The lowest BCUT2D eigenvalue weighted by Crippen LogP contribution is -2.37. The topological polar surface area (TPSA) is 50.4 Å². The van der Waals surface area contributed by atoms with Gasteiger partial charge in [-0.25, -0.2) is 4.99 Å². The van der Waals surface area contributed by atoms with Crippen molar-refractivity contribution >= 4 is 27.5 Å². The third-order valence-corrected chi connectivity index (χ3v) is 3.81. The maximum Gasteiger partial charge on any atom is 0.155 e. The van der Waals surface area contributed by atoms with E-state index < -0.39 is 5.66 Å². The van der Waals surface area contributed by atoms with Gasteiger partial charge in [0.25, 0.3) is 0 Å². The van der Waals surface area contributed by atoms with E-state index in [1.54, 1.807) is 0 Å². The number of benzene rings is 2. The van der Waals surface area contributed by atoms with Gasteiger partial charge in [-0.2, -0.15) is 0 Å². The molecule has 0 bridgehead atoms. The van der Waals surface area contributed by atoms with Crippen molar-refractivity contribution in [2.75, 3.05) is 5.32 Å². The van der Waals surface area contributed by atoms with E-state index >= 15 is 0 Å². The minimum Gasteiger partial charge on any atom is -0.383 e. The average Bonchev–Trinajstić information content (AvgIpc) is 2.38. The summed E-state index contributed by atoms with van der Waals surface area (Å²) in [5, 5.41) is 3.46. The van der Waals surface area contributed by atoms with Crippen LogP contribution in [-0.2, 0) is 5.66 Å². The van der Waals surface area contributed by atoms with E-state index in [1.807, 2.05) is 49.4 Å². The molecule has 1 heterocycles. The number of nitrogens with one attached hydrogen (secondary N) is 1. The lowest BCUT2D eigenvalue weighted by molar-refractivity contribution is 0.570. The van der Waals surface area contributed by atoms with Crippen LogP contribution < -0.4 is 11.1 Å². The molecule has 3 N–H and O–H groups in total. The molecule has 1 atom stereocenters. The summed E-state index contributed by atoms with van der Waals surface area (Å²) in [4.78, 5) is 4.63. The Bertz CT molecular complexity index is 666. The van der Waals surface area contributed by atoms with Crippen LogP contribution in [0.1, 0.15) is 18.1 Å². The standard InChI is InChI=1S/C15H14BrN3/c1-15(10-5-4-6-11(16)9-10)18-13-8-3-2-7-12(13)14(17)19-15/h2-9,18H,1H3,(H2,17,19). The highest BCUT2D eigenvalue weighted by Crippen LogP contribution is 2.34. The van der Waals surface area contributed by atoms with Gasteiger partial charge >= 0.3 is 0 Å². The van der Waals surface area contributed by atoms with Crippen molar-refractivity contribution in [1.29, 1.82) is 0 Å². The summed E-state index contributed by atoms with van der Waals surface area (Å²) in [6, 6.07) is 16.0. The third kappa shape index (κ3) is 2.12. The Morgan fingerprint density at radius 2 is 1.95 bits per heavy atom. The molecule has 0 saturated carbocycles. The summed E-state index contributed by atoms with van der Waals surface area (Å²) < 4.78 is 1.03. The van der Waals surface area contributed by atoms with Gasteiger partial charge in [0.05, 0.1) is 0 Å². The summed E-state index contributed by atoms with van der Waals surface area (Å²) in [7, 11) is 0. The first-order chi connectivity index (χ1) is 9.08. The van der Waals surface area contributed by atoms with Gasteiger partial charge < -0.3 is 11.1 Å². The smallest absolute Gasteiger partial charge is 0.155 e. The molecule has 0 saturated heterocycles. The van der Waals surface area contributed by atoms with E-state index in [0.29, 0.717) is 5.84 Å². The van der Waals surface area contributed by atoms with E-state index in [0.717, 1.165) is 21.3 Å². The lowest BCUT2D eigenvalue weighted by atomic mass is 9.98. The van der Waals surface area contributed by atoms with Gasteiger partial charge in [0, 0.05) is 21.3 Å². The maximum atomic E-state index is 6.10. The van der Waals surface area contributed by atoms with Gasteiger partial charge in [0.15, 0.2) is 5.66 Å². The summed E-state index contributed by atoms with van der Waals surface area (Å²) in [6.07, 6.45) is 0. The molecular weight excluding hydrogens is 302 g/mol. The van der Waals surface area contributed by atoms with Gasteiger partial charge in [-0.1, -0.05) is 40.2 Å². The van der Waals surface area contributed by atoms with Crippen LogP contribution in [0.4, 0.5) is 5.69 Å². The Kier molecular flexibility index (Phi) is 2.82. The lowest BCUT2D eigenvalue weighted by Gasteiger charge is -2.33. The second-order valence-corrected chi connectivity index (χ2v) is 5.67. The number of halogens is 1. The molecule has 2 aromatic carbocycles. The number of aliphatic imine (C=N–C) groups is 1. The molecular formula is C15H14BrN3. The molecule has 96 valence electrons. The second kappa shape index (κ2) is 4.38. The fraction of sp³-hybridized carbons (Fsp3) is 0.133. The average molecular weight is 316 g/mol. The predicted molar refractivity (Wildman–Crippen MR) is 82.3 cm³/mol. The van der Waals surface area contributed by atoms with Crippen LogP contribution in [-0.4, -0.2) is 5.84 Å². The summed E-state index contributed by atoms with van der Waals surface area (Å²) in [5.41, 5.74) is 8.59. The number of hydrogen-bond donors (Lipinski definition) is 2.